The Bertz CT molecular complexity index is 862. The van der Waals surface area contributed by atoms with Crippen LogP contribution in [0.2, 0.25) is 5.02 Å². The first-order valence-corrected chi connectivity index (χ1v) is 8.99. The van der Waals surface area contributed by atoms with Crippen molar-refractivity contribution in [2.24, 2.45) is 0 Å². The van der Waals surface area contributed by atoms with Crippen molar-refractivity contribution in [1.82, 2.24) is 10.3 Å². The molecule has 1 N–H and O–H groups in total. The highest BCUT2D eigenvalue weighted by molar-refractivity contribution is 9.10. The minimum Gasteiger partial charge on any atom is -0.441 e. The fourth-order valence-corrected chi connectivity index (χ4v) is 2.84. The third kappa shape index (κ3) is 5.18. The zero-order chi connectivity index (χ0) is 17.6. The van der Waals surface area contributed by atoms with Gasteiger partial charge in [0.25, 0.3) is 0 Å². The summed E-state index contributed by atoms with van der Waals surface area (Å²) in [6.45, 7) is 0.477. The SMILES string of the molecule is O=C(CCc1ncc(-c2cccc(Br)c2)o1)NCc1ccc(Cl)cc1. The van der Waals surface area contributed by atoms with Crippen molar-refractivity contribution in [3.8, 4) is 11.3 Å². The Labute approximate surface area is 159 Å². The van der Waals surface area contributed by atoms with Crippen LogP contribution in [0.4, 0.5) is 0 Å². The molecule has 0 fully saturated rings. The van der Waals surface area contributed by atoms with Crippen LogP contribution in [0, 0.1) is 0 Å². The highest BCUT2D eigenvalue weighted by Gasteiger charge is 2.09. The number of amides is 1. The van der Waals surface area contributed by atoms with Gasteiger partial charge in [-0.15, -0.1) is 0 Å². The summed E-state index contributed by atoms with van der Waals surface area (Å²) in [5.41, 5.74) is 1.95. The standard InChI is InChI=1S/C19H16BrClN2O2/c20-15-3-1-2-14(10-15)17-12-23-19(25-17)9-8-18(24)22-11-13-4-6-16(21)7-5-13/h1-7,10,12H,8-9,11H2,(H,22,24). The summed E-state index contributed by atoms with van der Waals surface area (Å²) in [5.74, 6) is 1.20. The van der Waals surface area contributed by atoms with E-state index in [-0.39, 0.29) is 5.91 Å². The number of nitrogens with zero attached hydrogens (tertiary/aromatic N) is 1. The first-order valence-electron chi connectivity index (χ1n) is 7.82. The third-order valence-corrected chi connectivity index (χ3v) is 4.38. The fraction of sp³-hybridized carbons (Fsp3) is 0.158. The van der Waals surface area contributed by atoms with Gasteiger partial charge < -0.3 is 9.73 Å². The van der Waals surface area contributed by atoms with Crippen LogP contribution < -0.4 is 5.32 Å². The molecule has 0 saturated carbocycles. The Balaban J connectivity index is 1.50. The van der Waals surface area contributed by atoms with Crippen molar-refractivity contribution in [2.75, 3.05) is 0 Å². The molecular weight excluding hydrogens is 404 g/mol. The summed E-state index contributed by atoms with van der Waals surface area (Å²) in [6, 6.07) is 15.2. The molecule has 0 unspecified atom stereocenters. The van der Waals surface area contributed by atoms with Crippen LogP contribution in [0.15, 0.2) is 63.6 Å². The van der Waals surface area contributed by atoms with Gasteiger partial charge in [0.2, 0.25) is 5.91 Å². The van der Waals surface area contributed by atoms with E-state index in [1.54, 1.807) is 18.3 Å². The van der Waals surface area contributed by atoms with E-state index in [0.717, 1.165) is 15.6 Å². The lowest BCUT2D eigenvalue weighted by Crippen LogP contribution is -2.22. The van der Waals surface area contributed by atoms with Gasteiger partial charge in [0.05, 0.1) is 6.20 Å². The lowest BCUT2D eigenvalue weighted by molar-refractivity contribution is -0.121. The van der Waals surface area contributed by atoms with Crippen molar-refractivity contribution in [3.05, 3.63) is 75.7 Å². The molecule has 2 aromatic carbocycles. The Morgan fingerprint density at radius 2 is 2.00 bits per heavy atom. The second-order valence-electron chi connectivity index (χ2n) is 5.53. The molecule has 0 atom stereocenters. The topological polar surface area (TPSA) is 55.1 Å². The van der Waals surface area contributed by atoms with Gasteiger partial charge >= 0.3 is 0 Å². The molecule has 0 saturated heterocycles. The van der Waals surface area contributed by atoms with E-state index >= 15 is 0 Å². The van der Waals surface area contributed by atoms with Crippen LogP contribution in [-0.2, 0) is 17.8 Å². The van der Waals surface area contributed by atoms with Gasteiger partial charge in [-0.05, 0) is 29.8 Å². The maximum atomic E-state index is 12.0. The van der Waals surface area contributed by atoms with E-state index in [4.69, 9.17) is 16.0 Å². The number of aryl methyl sites for hydroxylation is 1. The summed E-state index contributed by atoms with van der Waals surface area (Å²) in [6.07, 6.45) is 2.47. The van der Waals surface area contributed by atoms with Crippen molar-refractivity contribution < 1.29 is 9.21 Å². The molecule has 1 amide bonds. The summed E-state index contributed by atoms with van der Waals surface area (Å²) in [4.78, 5) is 16.2. The summed E-state index contributed by atoms with van der Waals surface area (Å²) in [5, 5.41) is 3.56. The first kappa shape index (κ1) is 17.7. The predicted molar refractivity (Wildman–Crippen MR) is 101 cm³/mol. The highest BCUT2D eigenvalue weighted by atomic mass is 79.9. The van der Waals surface area contributed by atoms with Gasteiger partial charge in [-0.3, -0.25) is 4.79 Å². The number of carbonyl (C=O) groups is 1. The Morgan fingerprint density at radius 1 is 1.20 bits per heavy atom. The molecule has 0 aliphatic heterocycles. The Morgan fingerprint density at radius 3 is 2.76 bits per heavy atom. The number of benzene rings is 2. The number of aromatic nitrogens is 1. The van der Waals surface area contributed by atoms with Crippen molar-refractivity contribution in [1.29, 1.82) is 0 Å². The van der Waals surface area contributed by atoms with E-state index < -0.39 is 0 Å². The minimum absolute atomic E-state index is 0.0443. The van der Waals surface area contributed by atoms with Gasteiger partial charge in [-0.1, -0.05) is 51.8 Å². The van der Waals surface area contributed by atoms with Crippen molar-refractivity contribution in [3.63, 3.8) is 0 Å². The van der Waals surface area contributed by atoms with Crippen LogP contribution in [-0.4, -0.2) is 10.9 Å². The normalized spacial score (nSPS) is 10.6. The van der Waals surface area contributed by atoms with Gasteiger partial charge in [0.1, 0.15) is 0 Å². The van der Waals surface area contributed by atoms with Gasteiger partial charge in [-0.2, -0.15) is 0 Å². The number of hydrogen-bond acceptors (Lipinski definition) is 3. The molecule has 0 aliphatic rings. The lowest BCUT2D eigenvalue weighted by Gasteiger charge is -2.04. The van der Waals surface area contributed by atoms with E-state index in [2.05, 4.69) is 26.2 Å². The third-order valence-electron chi connectivity index (χ3n) is 3.63. The largest absolute Gasteiger partial charge is 0.441 e. The molecule has 1 heterocycles. The fourth-order valence-electron chi connectivity index (χ4n) is 2.31. The monoisotopic (exact) mass is 418 g/mol. The number of carbonyl (C=O) groups excluding carboxylic acids is 1. The van der Waals surface area contributed by atoms with E-state index in [1.165, 1.54) is 0 Å². The van der Waals surface area contributed by atoms with Crippen LogP contribution in [0.25, 0.3) is 11.3 Å². The molecule has 3 aromatic rings. The molecular formula is C19H16BrClN2O2. The number of rotatable bonds is 6. The maximum absolute atomic E-state index is 12.0. The molecule has 0 radical (unpaired) electrons. The summed E-state index contributed by atoms with van der Waals surface area (Å²) in [7, 11) is 0. The first-order chi connectivity index (χ1) is 12.1. The van der Waals surface area contributed by atoms with Gasteiger partial charge in [-0.25, -0.2) is 4.98 Å². The number of hydrogen-bond donors (Lipinski definition) is 1. The second kappa shape index (κ2) is 8.32. The van der Waals surface area contributed by atoms with Gasteiger partial charge in [0, 0.05) is 34.4 Å². The molecule has 6 heteroatoms. The predicted octanol–water partition coefficient (Wildman–Crippen LogP) is 5.01. The molecule has 1 aromatic heterocycles. The summed E-state index contributed by atoms with van der Waals surface area (Å²) < 4.78 is 6.70. The molecule has 3 rings (SSSR count). The Kier molecular flexibility index (Phi) is 5.89. The van der Waals surface area contributed by atoms with Crippen LogP contribution >= 0.6 is 27.5 Å². The Hall–Kier alpha value is -2.11. The van der Waals surface area contributed by atoms with E-state index in [1.807, 2.05) is 36.4 Å². The zero-order valence-corrected chi connectivity index (χ0v) is 15.7. The molecule has 0 aliphatic carbocycles. The minimum atomic E-state index is -0.0443. The highest BCUT2D eigenvalue weighted by Crippen LogP contribution is 2.24. The number of nitrogens with one attached hydrogen (secondary N) is 1. The molecule has 4 nitrogen and oxygen atoms in total. The van der Waals surface area contributed by atoms with Crippen LogP contribution in [0.5, 0.6) is 0 Å². The summed E-state index contributed by atoms with van der Waals surface area (Å²) >= 11 is 9.27. The molecule has 128 valence electrons. The maximum Gasteiger partial charge on any atom is 0.220 e. The number of halogens is 2. The van der Waals surface area contributed by atoms with E-state index in [0.29, 0.717) is 36.1 Å². The lowest BCUT2D eigenvalue weighted by atomic mass is 10.2. The van der Waals surface area contributed by atoms with Gasteiger partial charge in [0.15, 0.2) is 11.7 Å². The average molecular weight is 420 g/mol. The molecule has 0 bridgehead atoms. The van der Waals surface area contributed by atoms with Crippen LogP contribution in [0.1, 0.15) is 17.9 Å². The molecule has 0 spiro atoms. The van der Waals surface area contributed by atoms with E-state index in [9.17, 15) is 4.79 Å². The van der Waals surface area contributed by atoms with Crippen molar-refractivity contribution >= 4 is 33.4 Å². The average Bonchev–Trinajstić information content (AvgIpc) is 3.08. The smallest absolute Gasteiger partial charge is 0.220 e. The van der Waals surface area contributed by atoms with Crippen molar-refractivity contribution in [2.45, 2.75) is 19.4 Å². The van der Waals surface area contributed by atoms with Crippen LogP contribution in [0.3, 0.4) is 0 Å². The second-order valence-corrected chi connectivity index (χ2v) is 6.88. The molecule has 25 heavy (non-hydrogen) atoms. The quantitative estimate of drug-likeness (QED) is 0.611. The zero-order valence-electron chi connectivity index (χ0n) is 13.3. The number of oxazole rings is 1.